The number of carbonyl (C=O) groups excluding carboxylic acids is 1. The Balaban J connectivity index is 1.79. The molecule has 1 unspecified atom stereocenters. The maximum Gasteiger partial charge on any atom is 0.306 e. The van der Waals surface area contributed by atoms with E-state index in [2.05, 4.69) is 18.7 Å². The van der Waals surface area contributed by atoms with Gasteiger partial charge < -0.3 is 14.2 Å². The summed E-state index contributed by atoms with van der Waals surface area (Å²) in [6, 6.07) is 0. The van der Waals surface area contributed by atoms with Crippen molar-refractivity contribution in [1.29, 1.82) is 0 Å². The van der Waals surface area contributed by atoms with Crippen LogP contribution in [-0.2, 0) is 19.0 Å². The number of ether oxygens (including phenoxy) is 3. The molecule has 1 saturated heterocycles. The molecule has 0 aromatic rings. The number of carbonyl (C=O) groups is 1. The maximum absolute atomic E-state index is 11.3. The third kappa shape index (κ3) is 12.3. The van der Waals surface area contributed by atoms with Gasteiger partial charge in [-0.3, -0.25) is 4.79 Å². The van der Waals surface area contributed by atoms with Crippen LogP contribution in [0.1, 0.15) is 70.6 Å². The highest BCUT2D eigenvalue weighted by molar-refractivity contribution is 5.69. The van der Waals surface area contributed by atoms with Gasteiger partial charge in [0, 0.05) is 13.0 Å². The molecule has 0 spiro atoms. The maximum atomic E-state index is 11.3. The van der Waals surface area contributed by atoms with Crippen LogP contribution in [-0.4, -0.2) is 32.1 Å². The van der Waals surface area contributed by atoms with Crippen molar-refractivity contribution in [3.05, 3.63) is 24.8 Å². The number of allylic oxidation sites excluding steroid dienone is 1. The van der Waals surface area contributed by atoms with E-state index in [-0.39, 0.29) is 12.3 Å². The molecule has 1 aliphatic heterocycles. The quantitative estimate of drug-likeness (QED) is 0.256. The molecule has 4 nitrogen and oxygen atoms in total. The van der Waals surface area contributed by atoms with Crippen molar-refractivity contribution in [3.8, 4) is 0 Å². The predicted octanol–water partition coefficient (Wildman–Crippen LogP) is 4.94. The van der Waals surface area contributed by atoms with Gasteiger partial charge in [-0.05, 0) is 44.9 Å². The first-order valence-corrected chi connectivity index (χ1v) is 9.47. The van der Waals surface area contributed by atoms with Crippen molar-refractivity contribution in [3.63, 3.8) is 0 Å². The van der Waals surface area contributed by atoms with Crippen LogP contribution in [0, 0.1) is 0 Å². The van der Waals surface area contributed by atoms with E-state index in [9.17, 15) is 4.79 Å². The second kappa shape index (κ2) is 15.4. The third-order valence-electron chi connectivity index (χ3n) is 4.01. The Kier molecular flexibility index (Phi) is 13.4. The first-order chi connectivity index (χ1) is 11.8. The number of esters is 1. The average molecular weight is 338 g/mol. The molecule has 1 aliphatic rings. The highest BCUT2D eigenvalue weighted by Gasteiger charge is 2.12. The normalized spacial score (nSPS) is 17.9. The SMILES string of the molecule is C=CCOC(=O)CCCCCCCC=CCCOC1CCCCO1. The number of unbranched alkanes of at least 4 members (excludes halogenated alkanes) is 5. The van der Waals surface area contributed by atoms with Crippen molar-refractivity contribution >= 4 is 5.97 Å². The second-order valence-corrected chi connectivity index (χ2v) is 6.21. The zero-order valence-electron chi connectivity index (χ0n) is 15.0. The Hall–Kier alpha value is -1.13. The Bertz CT molecular complexity index is 346. The molecule has 0 aromatic carbocycles. The molecule has 1 rings (SSSR count). The lowest BCUT2D eigenvalue weighted by Gasteiger charge is -2.22. The van der Waals surface area contributed by atoms with E-state index in [1.807, 2.05) is 0 Å². The molecule has 0 aliphatic carbocycles. The smallest absolute Gasteiger partial charge is 0.306 e. The van der Waals surface area contributed by atoms with Crippen molar-refractivity contribution < 1.29 is 19.0 Å². The summed E-state index contributed by atoms with van der Waals surface area (Å²) in [4.78, 5) is 11.3. The van der Waals surface area contributed by atoms with Crippen LogP contribution in [0.4, 0.5) is 0 Å². The van der Waals surface area contributed by atoms with Crippen LogP contribution in [0.25, 0.3) is 0 Å². The summed E-state index contributed by atoms with van der Waals surface area (Å²) in [5, 5.41) is 0. The topological polar surface area (TPSA) is 44.8 Å². The highest BCUT2D eigenvalue weighted by Crippen LogP contribution is 2.14. The van der Waals surface area contributed by atoms with Crippen LogP contribution >= 0.6 is 0 Å². The molecule has 0 N–H and O–H groups in total. The highest BCUT2D eigenvalue weighted by atomic mass is 16.7. The summed E-state index contributed by atoms with van der Waals surface area (Å²) < 4.78 is 16.1. The molecule has 1 fully saturated rings. The van der Waals surface area contributed by atoms with E-state index in [0.717, 1.165) is 45.3 Å². The summed E-state index contributed by atoms with van der Waals surface area (Å²) in [6.07, 6.45) is 17.8. The standard InChI is InChI=1S/C20H34O4/c1-2-16-22-19(21)14-10-8-6-4-3-5-7-9-12-17-23-20-15-11-13-18-24-20/h2,7,9,20H,1,3-6,8,10-18H2. The Morgan fingerprint density at radius 2 is 1.88 bits per heavy atom. The van der Waals surface area contributed by atoms with Crippen molar-refractivity contribution in [2.75, 3.05) is 19.8 Å². The fourth-order valence-electron chi connectivity index (χ4n) is 2.63. The van der Waals surface area contributed by atoms with Crippen LogP contribution in [0.5, 0.6) is 0 Å². The molecule has 24 heavy (non-hydrogen) atoms. The fourth-order valence-corrected chi connectivity index (χ4v) is 2.63. The summed E-state index contributed by atoms with van der Waals surface area (Å²) in [6.45, 7) is 5.44. The van der Waals surface area contributed by atoms with E-state index in [1.165, 1.54) is 32.1 Å². The summed E-state index contributed by atoms with van der Waals surface area (Å²) in [7, 11) is 0. The minimum atomic E-state index is -0.112. The summed E-state index contributed by atoms with van der Waals surface area (Å²) in [5.74, 6) is -0.112. The van der Waals surface area contributed by atoms with Gasteiger partial charge in [0.25, 0.3) is 0 Å². The minimum Gasteiger partial charge on any atom is -0.461 e. The zero-order chi connectivity index (χ0) is 17.3. The largest absolute Gasteiger partial charge is 0.461 e. The molecule has 0 saturated carbocycles. The number of hydrogen-bond acceptors (Lipinski definition) is 4. The summed E-state index contributed by atoms with van der Waals surface area (Å²) >= 11 is 0. The van der Waals surface area contributed by atoms with E-state index < -0.39 is 0 Å². The molecule has 0 aromatic heterocycles. The fraction of sp³-hybridized carbons (Fsp3) is 0.750. The molecule has 4 heteroatoms. The first kappa shape index (κ1) is 20.9. The van der Waals surface area contributed by atoms with Gasteiger partial charge >= 0.3 is 5.97 Å². The van der Waals surface area contributed by atoms with Crippen LogP contribution in [0.15, 0.2) is 24.8 Å². The molecule has 0 radical (unpaired) electrons. The van der Waals surface area contributed by atoms with Gasteiger partial charge in [-0.1, -0.05) is 44.1 Å². The Morgan fingerprint density at radius 3 is 2.67 bits per heavy atom. The Morgan fingerprint density at radius 1 is 1.08 bits per heavy atom. The third-order valence-corrected chi connectivity index (χ3v) is 4.01. The van der Waals surface area contributed by atoms with Gasteiger partial charge in [-0.2, -0.15) is 0 Å². The van der Waals surface area contributed by atoms with Gasteiger partial charge in [0.2, 0.25) is 0 Å². The van der Waals surface area contributed by atoms with Crippen LogP contribution in [0.3, 0.4) is 0 Å². The van der Waals surface area contributed by atoms with E-state index in [0.29, 0.717) is 13.0 Å². The molecule has 1 heterocycles. The minimum absolute atomic E-state index is 0.0289. The van der Waals surface area contributed by atoms with E-state index >= 15 is 0 Å². The average Bonchev–Trinajstić information content (AvgIpc) is 2.61. The van der Waals surface area contributed by atoms with Crippen molar-refractivity contribution in [1.82, 2.24) is 0 Å². The lowest BCUT2D eigenvalue weighted by atomic mass is 10.1. The molecule has 1 atom stereocenters. The molecular weight excluding hydrogens is 304 g/mol. The number of rotatable bonds is 14. The first-order valence-electron chi connectivity index (χ1n) is 9.47. The Labute approximate surface area is 147 Å². The molecular formula is C20H34O4. The van der Waals surface area contributed by atoms with Crippen molar-refractivity contribution in [2.24, 2.45) is 0 Å². The van der Waals surface area contributed by atoms with Gasteiger partial charge in [0.05, 0.1) is 6.61 Å². The van der Waals surface area contributed by atoms with Gasteiger partial charge in [-0.15, -0.1) is 0 Å². The lowest BCUT2D eigenvalue weighted by molar-refractivity contribution is -0.161. The van der Waals surface area contributed by atoms with Gasteiger partial charge in [-0.25, -0.2) is 0 Å². The number of hydrogen-bond donors (Lipinski definition) is 0. The van der Waals surface area contributed by atoms with Crippen molar-refractivity contribution in [2.45, 2.75) is 76.9 Å². The molecule has 0 bridgehead atoms. The van der Waals surface area contributed by atoms with Gasteiger partial charge in [0.15, 0.2) is 6.29 Å². The van der Waals surface area contributed by atoms with Crippen LogP contribution < -0.4 is 0 Å². The monoisotopic (exact) mass is 338 g/mol. The second-order valence-electron chi connectivity index (χ2n) is 6.21. The molecule has 138 valence electrons. The summed E-state index contributed by atoms with van der Waals surface area (Å²) in [5.41, 5.74) is 0. The van der Waals surface area contributed by atoms with Gasteiger partial charge in [0.1, 0.15) is 6.61 Å². The lowest BCUT2D eigenvalue weighted by Crippen LogP contribution is -2.22. The van der Waals surface area contributed by atoms with Crippen LogP contribution in [0.2, 0.25) is 0 Å². The molecule has 0 amide bonds. The zero-order valence-corrected chi connectivity index (χ0v) is 15.0. The predicted molar refractivity (Wildman–Crippen MR) is 96.8 cm³/mol. The van der Waals surface area contributed by atoms with E-state index in [1.54, 1.807) is 6.08 Å². The van der Waals surface area contributed by atoms with E-state index in [4.69, 9.17) is 14.2 Å².